The Labute approximate surface area is 146 Å². The maximum Gasteiger partial charge on any atom is 0.331 e. The molecule has 0 radical (unpaired) electrons. The van der Waals surface area contributed by atoms with Gasteiger partial charge in [-0.15, -0.1) is 11.3 Å². The van der Waals surface area contributed by atoms with Gasteiger partial charge in [-0.2, -0.15) is 8.78 Å². The van der Waals surface area contributed by atoms with Crippen molar-refractivity contribution in [2.75, 3.05) is 19.6 Å². The molecule has 0 aromatic carbocycles. The number of halogens is 3. The molecule has 0 aliphatic carbocycles. The lowest BCUT2D eigenvalue weighted by atomic mass is 9.99. The first-order chi connectivity index (χ1) is 12.0. The van der Waals surface area contributed by atoms with Crippen molar-refractivity contribution < 1.29 is 13.2 Å². The number of hydrogen-bond acceptors (Lipinski definition) is 7. The molecule has 1 saturated heterocycles. The third-order valence-electron chi connectivity index (χ3n) is 4.09. The summed E-state index contributed by atoms with van der Waals surface area (Å²) in [6.07, 6.45) is 3.87. The zero-order valence-corrected chi connectivity index (χ0v) is 14.0. The highest BCUT2D eigenvalue weighted by Gasteiger charge is 2.45. The first kappa shape index (κ1) is 17.6. The van der Waals surface area contributed by atoms with Gasteiger partial charge in [-0.3, -0.25) is 4.99 Å². The lowest BCUT2D eigenvalue weighted by molar-refractivity contribution is 0.160. The number of amidine groups is 1. The molecular weight excluding hydrogens is 353 g/mol. The van der Waals surface area contributed by atoms with Crippen LogP contribution in [0.5, 0.6) is 0 Å². The quantitative estimate of drug-likeness (QED) is 0.609. The monoisotopic (exact) mass is 370 g/mol. The minimum Gasteiger partial charge on any atom is -0.404 e. The molecule has 1 fully saturated rings. The smallest absolute Gasteiger partial charge is 0.331 e. The Bertz CT molecular complexity index is 755. The fraction of sp³-hybridized carbons (Fsp3) is 0.400. The van der Waals surface area contributed by atoms with Gasteiger partial charge in [0.15, 0.2) is 10.8 Å². The maximum absolute atomic E-state index is 14.9. The number of aromatic nitrogens is 1. The Hall–Kier alpha value is -2.20. The summed E-state index contributed by atoms with van der Waals surface area (Å²) in [5.74, 6) is 0.559. The molecule has 0 spiro atoms. The van der Waals surface area contributed by atoms with Gasteiger partial charge in [-0.05, 0) is 0 Å². The molecule has 2 aliphatic heterocycles. The minimum atomic E-state index is -2.84. The normalized spacial score (nSPS) is 24.4. The molecule has 2 aliphatic rings. The van der Waals surface area contributed by atoms with E-state index in [4.69, 9.17) is 11.5 Å². The molecule has 3 rings (SSSR count). The van der Waals surface area contributed by atoms with Gasteiger partial charge in [-0.25, -0.2) is 14.4 Å². The molecule has 3 heterocycles. The van der Waals surface area contributed by atoms with Crippen molar-refractivity contribution in [1.82, 2.24) is 9.88 Å². The third-order valence-corrected chi connectivity index (χ3v) is 4.86. The summed E-state index contributed by atoms with van der Waals surface area (Å²) < 4.78 is 39.7. The second kappa shape index (κ2) is 6.96. The first-order valence-electron chi connectivity index (χ1n) is 7.54. The summed E-state index contributed by atoms with van der Waals surface area (Å²) in [7, 11) is 0. The number of nitrogens with two attached hydrogens (primary N) is 2. The van der Waals surface area contributed by atoms with Crippen LogP contribution in [0.4, 0.5) is 13.2 Å². The zero-order valence-electron chi connectivity index (χ0n) is 13.2. The summed E-state index contributed by atoms with van der Waals surface area (Å²) >= 11 is 1.39. The van der Waals surface area contributed by atoms with Crippen molar-refractivity contribution in [3.63, 3.8) is 0 Å². The van der Waals surface area contributed by atoms with E-state index in [1.165, 1.54) is 17.5 Å². The number of nitrogens with zero attached hydrogens (tertiary/aromatic N) is 4. The largest absolute Gasteiger partial charge is 0.404 e. The van der Waals surface area contributed by atoms with E-state index in [1.54, 1.807) is 16.5 Å². The molecule has 0 bridgehead atoms. The fourth-order valence-electron chi connectivity index (χ4n) is 2.90. The zero-order chi connectivity index (χ0) is 18.0. The van der Waals surface area contributed by atoms with Crippen LogP contribution in [0.15, 0.2) is 44.6 Å². The number of rotatable bonds is 5. The maximum atomic E-state index is 14.9. The van der Waals surface area contributed by atoms with Crippen molar-refractivity contribution in [1.29, 1.82) is 0 Å². The van der Waals surface area contributed by atoms with E-state index in [-0.39, 0.29) is 26.1 Å². The molecule has 1 atom stereocenters. The van der Waals surface area contributed by atoms with E-state index < -0.39 is 12.2 Å². The highest BCUT2D eigenvalue weighted by molar-refractivity contribution is 7.11. The van der Waals surface area contributed by atoms with Crippen LogP contribution in [0.1, 0.15) is 11.4 Å². The van der Waals surface area contributed by atoms with Crippen LogP contribution in [0.3, 0.4) is 0 Å². The topological polar surface area (TPSA) is 92.9 Å². The predicted octanol–water partition coefficient (Wildman–Crippen LogP) is 1.67. The Kier molecular flexibility index (Phi) is 4.91. The minimum absolute atomic E-state index is 0.0323. The lowest BCUT2D eigenvalue weighted by Crippen LogP contribution is -2.39. The van der Waals surface area contributed by atoms with Gasteiger partial charge in [0, 0.05) is 53.8 Å². The highest BCUT2D eigenvalue weighted by Crippen LogP contribution is 2.39. The van der Waals surface area contributed by atoms with Gasteiger partial charge in [0.25, 0.3) is 0 Å². The predicted molar refractivity (Wildman–Crippen MR) is 91.5 cm³/mol. The Morgan fingerprint density at radius 2 is 2.32 bits per heavy atom. The van der Waals surface area contributed by atoms with Gasteiger partial charge in [0.1, 0.15) is 5.67 Å². The van der Waals surface area contributed by atoms with E-state index in [1.807, 2.05) is 0 Å². The van der Waals surface area contributed by atoms with Crippen LogP contribution in [0, 0.1) is 0 Å². The molecule has 0 amide bonds. The average Bonchev–Trinajstić information content (AvgIpc) is 3.23. The van der Waals surface area contributed by atoms with Crippen LogP contribution in [-0.4, -0.2) is 53.8 Å². The summed E-state index contributed by atoms with van der Waals surface area (Å²) in [5, 5.41) is 2.47. The van der Waals surface area contributed by atoms with E-state index in [0.717, 1.165) is 6.21 Å². The van der Waals surface area contributed by atoms with Crippen LogP contribution >= 0.6 is 11.3 Å². The number of hydrogen-bond donors (Lipinski definition) is 2. The molecule has 4 N–H and O–H groups in total. The summed E-state index contributed by atoms with van der Waals surface area (Å²) in [6, 6.07) is 0. The van der Waals surface area contributed by atoms with Crippen molar-refractivity contribution in [3.05, 3.63) is 39.6 Å². The first-order valence-corrected chi connectivity index (χ1v) is 8.42. The van der Waals surface area contributed by atoms with Gasteiger partial charge in [0.2, 0.25) is 0 Å². The molecule has 6 nitrogen and oxygen atoms in total. The van der Waals surface area contributed by atoms with E-state index >= 15 is 0 Å². The van der Waals surface area contributed by atoms with Crippen molar-refractivity contribution >= 4 is 23.4 Å². The summed E-state index contributed by atoms with van der Waals surface area (Å²) in [4.78, 5) is 13.5. The molecule has 10 heteroatoms. The average molecular weight is 370 g/mol. The van der Waals surface area contributed by atoms with Crippen LogP contribution < -0.4 is 11.5 Å². The third kappa shape index (κ3) is 3.45. The summed E-state index contributed by atoms with van der Waals surface area (Å²) in [5.41, 5.74) is 11.0. The van der Waals surface area contributed by atoms with Crippen molar-refractivity contribution in [2.24, 2.45) is 21.5 Å². The van der Waals surface area contributed by atoms with Gasteiger partial charge < -0.3 is 16.4 Å². The molecule has 0 saturated carbocycles. The molecular formula is C15H17F3N6S. The Morgan fingerprint density at radius 3 is 2.92 bits per heavy atom. The van der Waals surface area contributed by atoms with Gasteiger partial charge in [-0.1, -0.05) is 0 Å². The van der Waals surface area contributed by atoms with Crippen LogP contribution in [0.25, 0.3) is 0 Å². The Balaban J connectivity index is 2.02. The van der Waals surface area contributed by atoms with Gasteiger partial charge in [0.05, 0.1) is 13.1 Å². The van der Waals surface area contributed by atoms with Crippen LogP contribution in [-0.2, 0) is 0 Å². The SMILES string of the molecule is NC=C(C=NC(F)F)C1=C2CC(F)(CN)CN2C(c2nccs2)=NC1. The molecule has 134 valence electrons. The molecule has 1 unspecified atom stereocenters. The number of thiazole rings is 1. The Morgan fingerprint density at radius 1 is 1.52 bits per heavy atom. The van der Waals surface area contributed by atoms with E-state index in [9.17, 15) is 13.2 Å². The van der Waals surface area contributed by atoms with Crippen LogP contribution in [0.2, 0.25) is 0 Å². The number of fused-ring (bicyclic) bond motifs is 1. The van der Waals surface area contributed by atoms with Gasteiger partial charge >= 0.3 is 6.55 Å². The van der Waals surface area contributed by atoms with Crippen molar-refractivity contribution in [2.45, 2.75) is 18.6 Å². The number of alkyl halides is 3. The second-order valence-electron chi connectivity index (χ2n) is 5.70. The second-order valence-corrected chi connectivity index (χ2v) is 6.59. The fourth-order valence-corrected chi connectivity index (χ4v) is 3.56. The molecule has 25 heavy (non-hydrogen) atoms. The lowest BCUT2D eigenvalue weighted by Gasteiger charge is -2.27. The summed E-state index contributed by atoms with van der Waals surface area (Å²) in [6.45, 7) is -2.79. The number of allylic oxidation sites excluding steroid dienone is 1. The molecule has 1 aromatic rings. The van der Waals surface area contributed by atoms with E-state index in [0.29, 0.717) is 27.7 Å². The highest BCUT2D eigenvalue weighted by atomic mass is 32.1. The molecule has 1 aromatic heterocycles. The van der Waals surface area contributed by atoms with E-state index in [2.05, 4.69) is 15.0 Å². The van der Waals surface area contributed by atoms with Crippen molar-refractivity contribution in [3.8, 4) is 0 Å². The standard InChI is InChI=1S/C15H17F3N6S/c16-14(17)23-5-9(4-19)10-6-22-12(13-21-1-2-25-13)24-8-15(18,7-20)3-11(10)24/h1-2,4-5,14H,3,6-8,19-20H2. The number of aliphatic imine (C=N–C) groups is 2.